The summed E-state index contributed by atoms with van der Waals surface area (Å²) in [6.45, 7) is 9.66. The number of amides is 1. The molecule has 0 rings (SSSR count). The van der Waals surface area contributed by atoms with Gasteiger partial charge in [-0.15, -0.1) is 0 Å². The highest BCUT2D eigenvalue weighted by atomic mass is 16.5. The number of unbranched alkanes of at least 4 members (excludes halogenated alkanes) is 1. The van der Waals surface area contributed by atoms with Gasteiger partial charge in [-0.2, -0.15) is 0 Å². The number of nitrogens with one attached hydrogen (secondary N) is 1. The third-order valence-electron chi connectivity index (χ3n) is 2.53. The SMILES string of the molecule is CCCCOCCOCCC(=O)NCCC(C)C. The lowest BCUT2D eigenvalue weighted by molar-refractivity contribution is -0.122. The minimum Gasteiger partial charge on any atom is -0.379 e. The zero-order chi connectivity index (χ0) is 13.6. The fraction of sp³-hybridized carbons (Fsp3) is 0.929. The third kappa shape index (κ3) is 13.5. The average Bonchev–Trinajstić information content (AvgIpc) is 2.32. The number of rotatable bonds is 12. The molecule has 4 nitrogen and oxygen atoms in total. The van der Waals surface area contributed by atoms with Gasteiger partial charge < -0.3 is 14.8 Å². The van der Waals surface area contributed by atoms with Crippen LogP contribution in [0.15, 0.2) is 0 Å². The quantitative estimate of drug-likeness (QED) is 0.547. The minimum absolute atomic E-state index is 0.0718. The van der Waals surface area contributed by atoms with Gasteiger partial charge in [-0.1, -0.05) is 27.2 Å². The van der Waals surface area contributed by atoms with E-state index in [0.717, 1.165) is 32.4 Å². The molecule has 18 heavy (non-hydrogen) atoms. The number of carbonyl (C=O) groups is 1. The Morgan fingerprint density at radius 1 is 1.11 bits per heavy atom. The van der Waals surface area contributed by atoms with Crippen molar-refractivity contribution in [3.63, 3.8) is 0 Å². The summed E-state index contributed by atoms with van der Waals surface area (Å²) in [6, 6.07) is 0. The van der Waals surface area contributed by atoms with Crippen LogP contribution in [0.4, 0.5) is 0 Å². The molecule has 1 amide bonds. The zero-order valence-corrected chi connectivity index (χ0v) is 12.2. The average molecular weight is 259 g/mol. The molecule has 0 spiro atoms. The highest BCUT2D eigenvalue weighted by Crippen LogP contribution is 1.96. The summed E-state index contributed by atoms with van der Waals surface area (Å²) in [5, 5.41) is 2.88. The van der Waals surface area contributed by atoms with E-state index in [1.807, 2.05) is 0 Å². The molecule has 108 valence electrons. The maximum absolute atomic E-state index is 11.4. The first-order chi connectivity index (χ1) is 8.66. The second kappa shape index (κ2) is 12.8. The van der Waals surface area contributed by atoms with Crippen LogP contribution >= 0.6 is 0 Å². The summed E-state index contributed by atoms with van der Waals surface area (Å²) in [5.74, 6) is 0.698. The monoisotopic (exact) mass is 259 g/mol. The Labute approximate surface area is 111 Å². The predicted molar refractivity (Wildman–Crippen MR) is 73.6 cm³/mol. The van der Waals surface area contributed by atoms with Gasteiger partial charge in [0.25, 0.3) is 0 Å². The molecule has 4 heteroatoms. The Bertz CT molecular complexity index is 195. The minimum atomic E-state index is 0.0718. The van der Waals surface area contributed by atoms with Gasteiger partial charge in [-0.3, -0.25) is 4.79 Å². The van der Waals surface area contributed by atoms with Crippen molar-refractivity contribution in [2.45, 2.75) is 46.5 Å². The Morgan fingerprint density at radius 3 is 2.39 bits per heavy atom. The summed E-state index contributed by atoms with van der Waals surface area (Å²) < 4.78 is 10.7. The Balaban J connectivity index is 3.15. The van der Waals surface area contributed by atoms with Crippen molar-refractivity contribution in [2.75, 3.05) is 33.0 Å². The van der Waals surface area contributed by atoms with Crippen molar-refractivity contribution in [3.8, 4) is 0 Å². The highest BCUT2D eigenvalue weighted by molar-refractivity contribution is 5.75. The maximum Gasteiger partial charge on any atom is 0.222 e. The van der Waals surface area contributed by atoms with Crippen LogP contribution in [0.3, 0.4) is 0 Å². The molecular formula is C14H29NO3. The van der Waals surface area contributed by atoms with Gasteiger partial charge in [0.2, 0.25) is 5.91 Å². The van der Waals surface area contributed by atoms with E-state index in [4.69, 9.17) is 9.47 Å². The molecule has 0 bridgehead atoms. The molecule has 0 saturated heterocycles. The van der Waals surface area contributed by atoms with Crippen molar-refractivity contribution < 1.29 is 14.3 Å². The maximum atomic E-state index is 11.4. The van der Waals surface area contributed by atoms with E-state index >= 15 is 0 Å². The number of carbonyl (C=O) groups excluding carboxylic acids is 1. The van der Waals surface area contributed by atoms with E-state index in [9.17, 15) is 4.79 Å². The summed E-state index contributed by atoms with van der Waals surface area (Å²) in [4.78, 5) is 11.4. The van der Waals surface area contributed by atoms with E-state index in [1.54, 1.807) is 0 Å². The van der Waals surface area contributed by atoms with Crippen LogP contribution in [0, 0.1) is 5.92 Å². The number of hydrogen-bond donors (Lipinski definition) is 1. The summed E-state index contributed by atoms with van der Waals surface area (Å²) >= 11 is 0. The molecular weight excluding hydrogens is 230 g/mol. The lowest BCUT2D eigenvalue weighted by Gasteiger charge is -2.08. The second-order valence-corrected chi connectivity index (χ2v) is 4.86. The normalized spacial score (nSPS) is 10.9. The van der Waals surface area contributed by atoms with Gasteiger partial charge in [0.1, 0.15) is 0 Å². The van der Waals surface area contributed by atoms with Crippen LogP contribution in [0.2, 0.25) is 0 Å². The Morgan fingerprint density at radius 2 is 1.78 bits per heavy atom. The molecule has 0 aromatic carbocycles. The van der Waals surface area contributed by atoms with Crippen LogP contribution in [0.25, 0.3) is 0 Å². The molecule has 0 atom stereocenters. The van der Waals surface area contributed by atoms with Crippen LogP contribution in [0.1, 0.15) is 46.5 Å². The zero-order valence-electron chi connectivity index (χ0n) is 12.2. The molecule has 0 aromatic heterocycles. The molecule has 0 unspecified atom stereocenters. The van der Waals surface area contributed by atoms with Crippen molar-refractivity contribution >= 4 is 5.91 Å². The fourth-order valence-corrected chi connectivity index (χ4v) is 1.32. The molecule has 0 aliphatic heterocycles. The lowest BCUT2D eigenvalue weighted by Crippen LogP contribution is -2.26. The van der Waals surface area contributed by atoms with Crippen LogP contribution < -0.4 is 5.32 Å². The molecule has 0 heterocycles. The first-order valence-electron chi connectivity index (χ1n) is 7.09. The standard InChI is InChI=1S/C14H29NO3/c1-4-5-9-17-11-12-18-10-7-14(16)15-8-6-13(2)3/h13H,4-12H2,1-3H3,(H,15,16). The third-order valence-corrected chi connectivity index (χ3v) is 2.53. The number of hydrogen-bond acceptors (Lipinski definition) is 3. The van der Waals surface area contributed by atoms with E-state index in [0.29, 0.717) is 32.2 Å². The second-order valence-electron chi connectivity index (χ2n) is 4.86. The van der Waals surface area contributed by atoms with Gasteiger partial charge in [0, 0.05) is 19.6 Å². The molecule has 0 aliphatic rings. The van der Waals surface area contributed by atoms with E-state index in [-0.39, 0.29) is 5.91 Å². The first kappa shape index (κ1) is 17.4. The smallest absolute Gasteiger partial charge is 0.222 e. The van der Waals surface area contributed by atoms with Crippen LogP contribution in [0.5, 0.6) is 0 Å². The lowest BCUT2D eigenvalue weighted by atomic mass is 10.1. The summed E-state index contributed by atoms with van der Waals surface area (Å²) in [6.07, 6.45) is 3.71. The number of ether oxygens (including phenoxy) is 2. The van der Waals surface area contributed by atoms with E-state index in [1.165, 1.54) is 0 Å². The molecule has 0 fully saturated rings. The fourth-order valence-electron chi connectivity index (χ4n) is 1.32. The Hall–Kier alpha value is -0.610. The van der Waals surface area contributed by atoms with Crippen molar-refractivity contribution in [1.29, 1.82) is 0 Å². The summed E-state index contributed by atoms with van der Waals surface area (Å²) in [7, 11) is 0. The predicted octanol–water partition coefficient (Wildman–Crippen LogP) is 2.37. The summed E-state index contributed by atoms with van der Waals surface area (Å²) in [5.41, 5.74) is 0. The van der Waals surface area contributed by atoms with Gasteiger partial charge in [-0.05, 0) is 18.8 Å². The van der Waals surface area contributed by atoms with Crippen molar-refractivity contribution in [3.05, 3.63) is 0 Å². The molecule has 0 aromatic rings. The van der Waals surface area contributed by atoms with Crippen LogP contribution in [-0.2, 0) is 14.3 Å². The van der Waals surface area contributed by atoms with Crippen molar-refractivity contribution in [2.24, 2.45) is 5.92 Å². The first-order valence-corrected chi connectivity index (χ1v) is 7.09. The van der Waals surface area contributed by atoms with Crippen molar-refractivity contribution in [1.82, 2.24) is 5.32 Å². The van der Waals surface area contributed by atoms with Gasteiger partial charge in [0.15, 0.2) is 0 Å². The topological polar surface area (TPSA) is 47.6 Å². The van der Waals surface area contributed by atoms with Crippen LogP contribution in [-0.4, -0.2) is 38.9 Å². The molecule has 0 aliphatic carbocycles. The Kier molecular flexibility index (Phi) is 12.4. The van der Waals surface area contributed by atoms with Gasteiger partial charge >= 0.3 is 0 Å². The molecule has 0 radical (unpaired) electrons. The largest absolute Gasteiger partial charge is 0.379 e. The van der Waals surface area contributed by atoms with Gasteiger partial charge in [-0.25, -0.2) is 0 Å². The van der Waals surface area contributed by atoms with E-state index in [2.05, 4.69) is 26.1 Å². The highest BCUT2D eigenvalue weighted by Gasteiger charge is 2.01. The molecule has 1 N–H and O–H groups in total. The van der Waals surface area contributed by atoms with E-state index < -0.39 is 0 Å². The molecule has 0 saturated carbocycles. The van der Waals surface area contributed by atoms with Gasteiger partial charge in [0.05, 0.1) is 19.8 Å².